The van der Waals surface area contributed by atoms with E-state index in [9.17, 15) is 4.79 Å². The fraction of sp³-hybridized carbons (Fsp3) is 0.786. The number of aliphatic hydroxyl groups is 1. The Kier molecular flexibility index (Phi) is 3.88. The molecule has 0 spiro atoms. The second-order valence-electron chi connectivity index (χ2n) is 6.20. The molecule has 0 radical (unpaired) electrons. The van der Waals surface area contributed by atoms with Gasteiger partial charge in [0.15, 0.2) is 5.60 Å². The minimum absolute atomic E-state index is 0.196. The van der Waals surface area contributed by atoms with E-state index in [2.05, 4.69) is 11.8 Å². The van der Waals surface area contributed by atoms with Crippen LogP contribution in [0.3, 0.4) is 0 Å². The van der Waals surface area contributed by atoms with Crippen molar-refractivity contribution in [1.29, 1.82) is 0 Å². The highest BCUT2D eigenvalue weighted by atomic mass is 16.6. The third kappa shape index (κ3) is 4.40. The Morgan fingerprint density at radius 3 is 2.35 bits per heavy atom. The monoisotopic (exact) mass is 238 g/mol. The minimum atomic E-state index is -0.757. The van der Waals surface area contributed by atoms with Crippen LogP contribution in [0.1, 0.15) is 41.0 Å². The summed E-state index contributed by atoms with van der Waals surface area (Å²) >= 11 is 0. The van der Waals surface area contributed by atoms with Gasteiger partial charge in [0.25, 0.3) is 0 Å². The predicted molar refractivity (Wildman–Crippen MR) is 66.1 cm³/mol. The van der Waals surface area contributed by atoms with Crippen LogP contribution in [0.15, 0.2) is 0 Å². The number of esters is 1. The van der Waals surface area contributed by atoms with Crippen LogP contribution in [0.2, 0.25) is 0 Å². The number of carbonyl (C=O) groups is 1. The Morgan fingerprint density at radius 2 is 1.94 bits per heavy atom. The first-order chi connectivity index (χ1) is 7.65. The zero-order valence-corrected chi connectivity index (χ0v) is 11.3. The average molecular weight is 238 g/mol. The van der Waals surface area contributed by atoms with E-state index in [1.54, 1.807) is 13.8 Å². The van der Waals surface area contributed by atoms with E-state index in [0.717, 1.165) is 6.42 Å². The molecule has 3 heteroatoms. The summed E-state index contributed by atoms with van der Waals surface area (Å²) in [5.41, 5.74) is -1.26. The molecule has 1 fully saturated rings. The maximum atomic E-state index is 11.7. The molecule has 0 unspecified atom stereocenters. The third-order valence-corrected chi connectivity index (χ3v) is 2.68. The second kappa shape index (κ2) is 4.70. The van der Waals surface area contributed by atoms with E-state index < -0.39 is 11.0 Å². The van der Waals surface area contributed by atoms with Crippen LogP contribution in [-0.4, -0.2) is 23.3 Å². The highest BCUT2D eigenvalue weighted by molar-refractivity contribution is 5.76. The normalized spacial score (nSPS) is 23.6. The first-order valence-electron chi connectivity index (χ1n) is 6.03. The van der Waals surface area contributed by atoms with Gasteiger partial charge in [-0.15, -0.1) is 0 Å². The summed E-state index contributed by atoms with van der Waals surface area (Å²) in [6, 6.07) is 0. The molecule has 0 aromatic heterocycles. The number of rotatable bonds is 2. The van der Waals surface area contributed by atoms with Gasteiger partial charge in [-0.1, -0.05) is 11.8 Å². The summed E-state index contributed by atoms with van der Waals surface area (Å²) in [5, 5.41) is 8.90. The lowest BCUT2D eigenvalue weighted by Crippen LogP contribution is -2.33. The van der Waals surface area contributed by atoms with Crippen molar-refractivity contribution in [3.8, 4) is 11.8 Å². The minimum Gasteiger partial charge on any atom is -0.446 e. The fourth-order valence-corrected chi connectivity index (χ4v) is 1.30. The lowest BCUT2D eigenvalue weighted by Gasteiger charge is -2.24. The number of ether oxygens (including phenoxy) is 1. The van der Waals surface area contributed by atoms with Crippen molar-refractivity contribution in [1.82, 2.24) is 0 Å². The summed E-state index contributed by atoms with van der Waals surface area (Å²) in [5.74, 6) is 6.39. The maximum Gasteiger partial charge on any atom is 0.312 e. The van der Waals surface area contributed by atoms with E-state index in [4.69, 9.17) is 9.84 Å². The van der Waals surface area contributed by atoms with Gasteiger partial charge in [0.2, 0.25) is 0 Å². The molecule has 3 nitrogen and oxygen atoms in total. The Hall–Kier alpha value is -1.01. The summed E-state index contributed by atoms with van der Waals surface area (Å²) in [6.07, 6.45) is 0.951. The zero-order valence-electron chi connectivity index (χ0n) is 11.3. The van der Waals surface area contributed by atoms with Crippen LogP contribution >= 0.6 is 0 Å². The largest absolute Gasteiger partial charge is 0.446 e. The Balaban J connectivity index is 2.55. The van der Waals surface area contributed by atoms with Crippen molar-refractivity contribution in [3.63, 3.8) is 0 Å². The van der Waals surface area contributed by atoms with Gasteiger partial charge in [-0.3, -0.25) is 4.79 Å². The van der Waals surface area contributed by atoms with Gasteiger partial charge in [-0.25, -0.2) is 0 Å². The molecule has 1 saturated carbocycles. The van der Waals surface area contributed by atoms with Gasteiger partial charge in [-0.05, 0) is 47.0 Å². The first-order valence-corrected chi connectivity index (χ1v) is 6.03. The Labute approximate surface area is 104 Å². The molecule has 96 valence electrons. The van der Waals surface area contributed by atoms with E-state index in [-0.39, 0.29) is 18.5 Å². The lowest BCUT2D eigenvalue weighted by atomic mass is 9.97. The van der Waals surface area contributed by atoms with Gasteiger partial charge in [0.05, 0.1) is 5.41 Å². The zero-order chi connectivity index (χ0) is 13.3. The van der Waals surface area contributed by atoms with Crippen LogP contribution in [0.5, 0.6) is 0 Å². The molecule has 1 rings (SSSR count). The molecule has 0 aliphatic heterocycles. The predicted octanol–water partition coefficient (Wildman–Crippen LogP) is 1.99. The summed E-state index contributed by atoms with van der Waals surface area (Å²) in [4.78, 5) is 11.7. The van der Waals surface area contributed by atoms with Crippen LogP contribution in [0.25, 0.3) is 0 Å². The van der Waals surface area contributed by atoms with Gasteiger partial charge in [0.1, 0.15) is 0 Å². The van der Waals surface area contributed by atoms with Crippen molar-refractivity contribution < 1.29 is 14.6 Å². The molecule has 0 aromatic rings. The molecule has 1 N–H and O–H groups in total. The molecular weight excluding hydrogens is 216 g/mol. The number of hydrogen-bond donors (Lipinski definition) is 1. The molecule has 0 bridgehead atoms. The summed E-state index contributed by atoms with van der Waals surface area (Å²) < 4.78 is 5.37. The summed E-state index contributed by atoms with van der Waals surface area (Å²) in [7, 11) is 0. The maximum absolute atomic E-state index is 11.7. The lowest BCUT2D eigenvalue weighted by molar-refractivity contribution is -0.161. The van der Waals surface area contributed by atoms with Crippen molar-refractivity contribution in [2.24, 2.45) is 17.3 Å². The molecule has 1 aliphatic carbocycles. The molecular formula is C14H22O3. The number of carbonyl (C=O) groups excluding carboxylic acids is 1. The van der Waals surface area contributed by atoms with Crippen LogP contribution in [0, 0.1) is 29.1 Å². The molecule has 0 saturated heterocycles. The number of hydrogen-bond acceptors (Lipinski definition) is 3. The van der Waals surface area contributed by atoms with Crippen molar-refractivity contribution >= 4 is 5.97 Å². The standard InChI is InChI=1S/C14H22O3/c1-13(2,3)12(16)17-14(4,5)7-6-10-8-11(10)9-15/h10-11,15H,8-9H2,1-5H3/t10-,11+/m0/s1. The van der Waals surface area contributed by atoms with Gasteiger partial charge < -0.3 is 9.84 Å². The van der Waals surface area contributed by atoms with Crippen LogP contribution in [0.4, 0.5) is 0 Å². The first kappa shape index (κ1) is 14.1. The van der Waals surface area contributed by atoms with E-state index in [1.807, 2.05) is 20.8 Å². The molecule has 2 atom stereocenters. The molecule has 1 aliphatic rings. The highest BCUT2D eigenvalue weighted by Gasteiger charge is 2.35. The smallest absolute Gasteiger partial charge is 0.312 e. The molecule has 0 heterocycles. The highest BCUT2D eigenvalue weighted by Crippen LogP contribution is 2.37. The second-order valence-corrected chi connectivity index (χ2v) is 6.20. The molecule has 17 heavy (non-hydrogen) atoms. The van der Waals surface area contributed by atoms with Crippen molar-refractivity contribution in [2.75, 3.05) is 6.61 Å². The summed E-state index contributed by atoms with van der Waals surface area (Å²) in [6.45, 7) is 9.24. The fourth-order valence-electron chi connectivity index (χ4n) is 1.30. The van der Waals surface area contributed by atoms with E-state index in [0.29, 0.717) is 5.92 Å². The van der Waals surface area contributed by atoms with Crippen molar-refractivity contribution in [2.45, 2.75) is 46.6 Å². The van der Waals surface area contributed by atoms with Crippen LogP contribution in [-0.2, 0) is 9.53 Å². The number of aliphatic hydroxyl groups excluding tert-OH is 1. The Morgan fingerprint density at radius 1 is 1.35 bits per heavy atom. The Bertz CT molecular complexity index is 352. The van der Waals surface area contributed by atoms with Gasteiger partial charge in [0, 0.05) is 12.5 Å². The third-order valence-electron chi connectivity index (χ3n) is 2.68. The molecule has 0 aromatic carbocycles. The van der Waals surface area contributed by atoms with E-state index in [1.165, 1.54) is 0 Å². The van der Waals surface area contributed by atoms with Gasteiger partial charge >= 0.3 is 5.97 Å². The quantitative estimate of drug-likeness (QED) is 0.591. The topological polar surface area (TPSA) is 46.5 Å². The van der Waals surface area contributed by atoms with Crippen LogP contribution < -0.4 is 0 Å². The van der Waals surface area contributed by atoms with Crippen molar-refractivity contribution in [3.05, 3.63) is 0 Å². The SMILES string of the molecule is CC(C)(C#C[C@H]1C[C@@H]1CO)OC(=O)C(C)(C)C. The van der Waals surface area contributed by atoms with E-state index >= 15 is 0 Å². The van der Waals surface area contributed by atoms with Gasteiger partial charge in [-0.2, -0.15) is 0 Å². The average Bonchev–Trinajstić information content (AvgIpc) is 2.91. The molecule has 0 amide bonds.